The van der Waals surface area contributed by atoms with E-state index in [4.69, 9.17) is 9.05 Å². The van der Waals surface area contributed by atoms with Gasteiger partial charge in [0.15, 0.2) is 0 Å². The lowest BCUT2D eigenvalue weighted by atomic mass is 9.97. The summed E-state index contributed by atoms with van der Waals surface area (Å²) in [6.45, 7) is 11.0. The van der Waals surface area contributed by atoms with Gasteiger partial charge in [0.05, 0.1) is 13.2 Å². The van der Waals surface area contributed by atoms with Gasteiger partial charge in [-0.3, -0.25) is 9.05 Å². The van der Waals surface area contributed by atoms with Crippen molar-refractivity contribution in [3.63, 3.8) is 0 Å². The number of hydrogen-bond acceptors (Lipinski definition) is 3. The lowest BCUT2D eigenvalue weighted by Crippen LogP contribution is -2.35. The first-order valence-electron chi connectivity index (χ1n) is 7.08. The molecule has 18 heavy (non-hydrogen) atoms. The Morgan fingerprint density at radius 1 is 1.06 bits per heavy atom. The standard InChI is InChI=1S/C13H28NO3P/c1-5-7-9-14(10-8-6-2)18(15)16-11-13(3,4)12-17-18/h5-12H2,1-4H3. The van der Waals surface area contributed by atoms with Crippen LogP contribution in [0.2, 0.25) is 0 Å². The average molecular weight is 277 g/mol. The van der Waals surface area contributed by atoms with Crippen molar-refractivity contribution in [2.45, 2.75) is 53.4 Å². The van der Waals surface area contributed by atoms with E-state index in [1.54, 1.807) is 0 Å². The molecule has 1 rings (SSSR count). The van der Waals surface area contributed by atoms with Crippen LogP contribution < -0.4 is 0 Å². The Bertz CT molecular complexity index is 272. The van der Waals surface area contributed by atoms with E-state index >= 15 is 0 Å². The highest BCUT2D eigenvalue weighted by Crippen LogP contribution is 2.56. The van der Waals surface area contributed by atoms with Crippen molar-refractivity contribution < 1.29 is 13.6 Å². The van der Waals surface area contributed by atoms with Gasteiger partial charge in [0.2, 0.25) is 0 Å². The van der Waals surface area contributed by atoms with Gasteiger partial charge in [-0.2, -0.15) is 0 Å². The maximum atomic E-state index is 12.7. The molecule has 1 saturated heterocycles. The molecule has 4 nitrogen and oxygen atoms in total. The van der Waals surface area contributed by atoms with Crippen molar-refractivity contribution in [3.8, 4) is 0 Å². The van der Waals surface area contributed by atoms with Gasteiger partial charge < -0.3 is 0 Å². The lowest BCUT2D eigenvalue weighted by molar-refractivity contribution is 0.0206. The lowest BCUT2D eigenvalue weighted by Gasteiger charge is -2.38. The second kappa shape index (κ2) is 7.04. The van der Waals surface area contributed by atoms with Crippen LogP contribution in [0.4, 0.5) is 0 Å². The molecule has 0 radical (unpaired) electrons. The summed E-state index contributed by atoms with van der Waals surface area (Å²) in [6, 6.07) is 0. The van der Waals surface area contributed by atoms with Gasteiger partial charge >= 0.3 is 7.75 Å². The fourth-order valence-corrected chi connectivity index (χ4v) is 3.99. The van der Waals surface area contributed by atoms with E-state index in [0.29, 0.717) is 13.2 Å². The summed E-state index contributed by atoms with van der Waals surface area (Å²) < 4.78 is 25.8. The van der Waals surface area contributed by atoms with Gasteiger partial charge in [0, 0.05) is 18.5 Å². The first-order valence-corrected chi connectivity index (χ1v) is 8.57. The molecule has 0 aromatic rings. The maximum absolute atomic E-state index is 12.7. The van der Waals surface area contributed by atoms with E-state index in [2.05, 4.69) is 27.7 Å². The van der Waals surface area contributed by atoms with Crippen molar-refractivity contribution in [1.82, 2.24) is 4.67 Å². The van der Waals surface area contributed by atoms with Crippen molar-refractivity contribution in [1.29, 1.82) is 0 Å². The molecule has 0 amide bonds. The van der Waals surface area contributed by atoms with E-state index in [0.717, 1.165) is 38.8 Å². The summed E-state index contributed by atoms with van der Waals surface area (Å²) in [5.74, 6) is 0. The first kappa shape index (κ1) is 16.2. The zero-order valence-corrected chi connectivity index (χ0v) is 13.2. The predicted molar refractivity (Wildman–Crippen MR) is 74.7 cm³/mol. The van der Waals surface area contributed by atoms with Crippen LogP contribution in [0.5, 0.6) is 0 Å². The Labute approximate surface area is 112 Å². The molecule has 0 atom stereocenters. The first-order chi connectivity index (χ1) is 8.43. The molecule has 0 unspecified atom stereocenters. The topological polar surface area (TPSA) is 38.8 Å². The number of unbranched alkanes of at least 4 members (excludes halogenated alkanes) is 2. The molecule has 5 heteroatoms. The molecule has 108 valence electrons. The maximum Gasteiger partial charge on any atom is 0.408 e. The van der Waals surface area contributed by atoms with E-state index in [-0.39, 0.29) is 5.41 Å². The summed E-state index contributed by atoms with van der Waals surface area (Å²) in [5, 5.41) is 0. The van der Waals surface area contributed by atoms with Crippen LogP contribution >= 0.6 is 7.75 Å². The van der Waals surface area contributed by atoms with Crippen LogP contribution in [0.1, 0.15) is 53.4 Å². The fourth-order valence-electron chi connectivity index (χ4n) is 1.79. The average Bonchev–Trinajstić information content (AvgIpc) is 2.33. The van der Waals surface area contributed by atoms with Crippen molar-refractivity contribution >= 4 is 7.75 Å². The van der Waals surface area contributed by atoms with Crippen molar-refractivity contribution in [3.05, 3.63) is 0 Å². The van der Waals surface area contributed by atoms with Crippen LogP contribution in [0, 0.1) is 5.41 Å². The molecule has 0 aliphatic carbocycles. The second-order valence-corrected chi connectivity index (χ2v) is 7.86. The van der Waals surface area contributed by atoms with Crippen LogP contribution in [-0.2, 0) is 13.6 Å². The molecule has 0 N–H and O–H groups in total. The van der Waals surface area contributed by atoms with Crippen LogP contribution in [-0.4, -0.2) is 31.0 Å². The minimum absolute atomic E-state index is 0.0326. The zero-order chi connectivity index (χ0) is 13.6. The Balaban J connectivity index is 2.62. The molecule has 0 bridgehead atoms. The van der Waals surface area contributed by atoms with Gasteiger partial charge in [0.1, 0.15) is 0 Å². The van der Waals surface area contributed by atoms with Crippen LogP contribution in [0.15, 0.2) is 0 Å². The van der Waals surface area contributed by atoms with E-state index in [1.807, 2.05) is 4.67 Å². The quantitative estimate of drug-likeness (QED) is 0.657. The summed E-state index contributed by atoms with van der Waals surface area (Å²) in [4.78, 5) is 0. The monoisotopic (exact) mass is 277 g/mol. The Hall–Kier alpha value is 0.110. The molecule has 1 heterocycles. The minimum Gasteiger partial charge on any atom is -0.296 e. The predicted octanol–water partition coefficient (Wildman–Crippen LogP) is 4.07. The SMILES string of the molecule is CCCCN(CCCC)P1(=O)OCC(C)(C)CO1. The largest absolute Gasteiger partial charge is 0.408 e. The van der Waals surface area contributed by atoms with Crippen molar-refractivity contribution in [2.75, 3.05) is 26.3 Å². The Kier molecular flexibility index (Phi) is 6.32. The van der Waals surface area contributed by atoms with Gasteiger partial charge in [-0.1, -0.05) is 40.5 Å². The van der Waals surface area contributed by atoms with E-state index < -0.39 is 7.75 Å². The highest BCUT2D eigenvalue weighted by molar-refractivity contribution is 7.51. The third-order valence-electron chi connectivity index (χ3n) is 3.12. The molecule has 0 aromatic heterocycles. The van der Waals surface area contributed by atoms with E-state index in [1.165, 1.54) is 0 Å². The molecule has 0 spiro atoms. The molecule has 0 saturated carbocycles. The van der Waals surface area contributed by atoms with Gasteiger partial charge in [-0.25, -0.2) is 9.24 Å². The molecular formula is C13H28NO3P. The van der Waals surface area contributed by atoms with Crippen LogP contribution in [0.25, 0.3) is 0 Å². The minimum atomic E-state index is -3.03. The molecule has 1 aliphatic heterocycles. The highest BCUT2D eigenvalue weighted by Gasteiger charge is 2.40. The second-order valence-electron chi connectivity index (χ2n) is 5.84. The third kappa shape index (κ3) is 4.65. The normalized spacial score (nSPS) is 22.3. The van der Waals surface area contributed by atoms with Gasteiger partial charge in [0.25, 0.3) is 0 Å². The summed E-state index contributed by atoms with van der Waals surface area (Å²) in [7, 11) is -3.03. The number of hydrogen-bond donors (Lipinski definition) is 0. The van der Waals surface area contributed by atoms with Gasteiger partial charge in [-0.05, 0) is 12.8 Å². The van der Waals surface area contributed by atoms with Crippen LogP contribution in [0.3, 0.4) is 0 Å². The molecule has 1 fully saturated rings. The number of rotatable bonds is 7. The third-order valence-corrected chi connectivity index (χ3v) is 5.13. The number of nitrogens with zero attached hydrogens (tertiary/aromatic N) is 1. The van der Waals surface area contributed by atoms with Gasteiger partial charge in [-0.15, -0.1) is 0 Å². The molecule has 0 aromatic carbocycles. The Morgan fingerprint density at radius 2 is 1.50 bits per heavy atom. The zero-order valence-electron chi connectivity index (χ0n) is 12.3. The Morgan fingerprint density at radius 3 is 1.89 bits per heavy atom. The van der Waals surface area contributed by atoms with E-state index in [9.17, 15) is 4.57 Å². The highest BCUT2D eigenvalue weighted by atomic mass is 31.2. The summed E-state index contributed by atoms with van der Waals surface area (Å²) in [5.41, 5.74) is -0.0326. The summed E-state index contributed by atoms with van der Waals surface area (Å²) >= 11 is 0. The van der Waals surface area contributed by atoms with Crippen molar-refractivity contribution in [2.24, 2.45) is 5.41 Å². The summed E-state index contributed by atoms with van der Waals surface area (Å²) in [6.07, 6.45) is 4.25. The molecular weight excluding hydrogens is 249 g/mol. The molecule has 1 aliphatic rings. The smallest absolute Gasteiger partial charge is 0.296 e. The fraction of sp³-hybridized carbons (Fsp3) is 1.00.